The highest BCUT2D eigenvalue weighted by Crippen LogP contribution is 2.30. The highest BCUT2D eigenvalue weighted by molar-refractivity contribution is 6.30. The van der Waals surface area contributed by atoms with Crippen LogP contribution in [-0.4, -0.2) is 11.8 Å². The molecule has 2 N–H and O–H groups in total. The Morgan fingerprint density at radius 3 is 2.64 bits per heavy atom. The fourth-order valence-corrected chi connectivity index (χ4v) is 2.58. The summed E-state index contributed by atoms with van der Waals surface area (Å²) in [5.41, 5.74) is 3.14. The molecule has 0 saturated heterocycles. The maximum atomic E-state index is 12.2. The Bertz CT molecular complexity index is 841. The largest absolute Gasteiger partial charge is 0.326 e. The topological polar surface area (TPSA) is 58.2 Å². The van der Waals surface area contributed by atoms with Gasteiger partial charge in [0.15, 0.2) is 0 Å². The van der Waals surface area contributed by atoms with E-state index in [1.807, 2.05) is 31.2 Å². The maximum Gasteiger partial charge on any atom is 0.248 e. The predicted molar refractivity (Wildman–Crippen MR) is 102 cm³/mol. The summed E-state index contributed by atoms with van der Waals surface area (Å²) in [6.07, 6.45) is 5.07. The van der Waals surface area contributed by atoms with Crippen molar-refractivity contribution in [2.75, 3.05) is 10.6 Å². The van der Waals surface area contributed by atoms with Crippen molar-refractivity contribution in [3.63, 3.8) is 0 Å². The van der Waals surface area contributed by atoms with E-state index in [1.165, 1.54) is 6.08 Å². The molecule has 0 unspecified atom stereocenters. The van der Waals surface area contributed by atoms with Crippen LogP contribution in [0, 0.1) is 12.8 Å². The molecule has 2 aromatic carbocycles. The van der Waals surface area contributed by atoms with E-state index in [2.05, 4.69) is 10.6 Å². The van der Waals surface area contributed by atoms with Gasteiger partial charge in [0.1, 0.15) is 0 Å². The lowest BCUT2D eigenvalue weighted by molar-refractivity contribution is -0.117. The van der Waals surface area contributed by atoms with Crippen molar-refractivity contribution in [2.24, 2.45) is 5.92 Å². The SMILES string of the molecule is Cc1ccc(NC(=O)C2CC2)cc1NC(=O)C=Cc1cccc(Cl)c1. The third-order valence-electron chi connectivity index (χ3n) is 3.99. The predicted octanol–water partition coefficient (Wildman–Crippen LogP) is 4.65. The van der Waals surface area contributed by atoms with Gasteiger partial charge in [0.2, 0.25) is 11.8 Å². The van der Waals surface area contributed by atoms with Crippen molar-refractivity contribution >= 4 is 40.9 Å². The number of aryl methyl sites for hydroxylation is 1. The summed E-state index contributed by atoms with van der Waals surface area (Å²) in [7, 11) is 0. The van der Waals surface area contributed by atoms with Gasteiger partial charge >= 0.3 is 0 Å². The van der Waals surface area contributed by atoms with Crippen LogP contribution in [0.15, 0.2) is 48.5 Å². The van der Waals surface area contributed by atoms with Gasteiger partial charge in [0.05, 0.1) is 0 Å². The van der Waals surface area contributed by atoms with Gasteiger partial charge in [-0.25, -0.2) is 0 Å². The van der Waals surface area contributed by atoms with Crippen molar-refractivity contribution in [1.29, 1.82) is 0 Å². The minimum atomic E-state index is -0.242. The number of halogens is 1. The van der Waals surface area contributed by atoms with Gasteiger partial charge in [-0.2, -0.15) is 0 Å². The lowest BCUT2D eigenvalue weighted by Crippen LogP contribution is -2.14. The van der Waals surface area contributed by atoms with Gasteiger partial charge in [-0.15, -0.1) is 0 Å². The first-order valence-electron chi connectivity index (χ1n) is 8.17. The molecule has 1 aliphatic rings. The first-order chi connectivity index (χ1) is 12.0. The highest BCUT2D eigenvalue weighted by atomic mass is 35.5. The Morgan fingerprint density at radius 1 is 1.12 bits per heavy atom. The lowest BCUT2D eigenvalue weighted by atomic mass is 10.1. The van der Waals surface area contributed by atoms with Gasteiger partial charge in [-0.05, 0) is 61.2 Å². The molecule has 0 aromatic heterocycles. The molecular weight excluding hydrogens is 336 g/mol. The fourth-order valence-electron chi connectivity index (χ4n) is 2.38. The molecule has 0 aliphatic heterocycles. The van der Waals surface area contributed by atoms with Gasteiger partial charge in [-0.1, -0.05) is 29.8 Å². The smallest absolute Gasteiger partial charge is 0.248 e. The molecule has 25 heavy (non-hydrogen) atoms. The third kappa shape index (κ3) is 4.94. The number of amides is 2. The molecular formula is C20H19ClN2O2. The molecule has 1 saturated carbocycles. The Morgan fingerprint density at radius 2 is 1.92 bits per heavy atom. The van der Waals surface area contributed by atoms with Crippen LogP contribution in [0.5, 0.6) is 0 Å². The molecule has 4 nitrogen and oxygen atoms in total. The minimum absolute atomic E-state index is 0.0435. The molecule has 0 atom stereocenters. The molecule has 2 aromatic rings. The molecule has 1 fully saturated rings. The van der Waals surface area contributed by atoms with Crippen LogP contribution in [0.3, 0.4) is 0 Å². The van der Waals surface area contributed by atoms with Crippen LogP contribution < -0.4 is 10.6 Å². The molecule has 1 aliphatic carbocycles. The Hall–Kier alpha value is -2.59. The number of benzene rings is 2. The number of carbonyl (C=O) groups excluding carboxylic acids is 2. The summed E-state index contributed by atoms with van der Waals surface area (Å²) in [4.78, 5) is 24.0. The molecule has 0 radical (unpaired) electrons. The van der Waals surface area contributed by atoms with Crippen molar-refractivity contribution in [2.45, 2.75) is 19.8 Å². The molecule has 5 heteroatoms. The van der Waals surface area contributed by atoms with E-state index in [0.29, 0.717) is 16.4 Å². The van der Waals surface area contributed by atoms with Crippen LogP contribution >= 0.6 is 11.6 Å². The highest BCUT2D eigenvalue weighted by Gasteiger charge is 2.29. The average Bonchev–Trinajstić information content (AvgIpc) is 3.41. The number of nitrogens with one attached hydrogen (secondary N) is 2. The van der Waals surface area contributed by atoms with E-state index in [0.717, 1.165) is 24.0 Å². The quantitative estimate of drug-likeness (QED) is 0.768. The Kier molecular flexibility index (Phi) is 5.19. The van der Waals surface area contributed by atoms with Gasteiger partial charge in [0, 0.05) is 28.4 Å². The zero-order valence-electron chi connectivity index (χ0n) is 13.9. The lowest BCUT2D eigenvalue weighted by Gasteiger charge is -2.10. The van der Waals surface area contributed by atoms with E-state index < -0.39 is 0 Å². The average molecular weight is 355 g/mol. The van der Waals surface area contributed by atoms with Crippen LogP contribution in [0.1, 0.15) is 24.0 Å². The van der Waals surface area contributed by atoms with Crippen molar-refractivity contribution in [1.82, 2.24) is 0 Å². The summed E-state index contributed by atoms with van der Waals surface area (Å²) >= 11 is 5.93. The van der Waals surface area contributed by atoms with Gasteiger partial charge in [-0.3, -0.25) is 9.59 Å². The number of hydrogen-bond acceptors (Lipinski definition) is 2. The summed E-state index contributed by atoms with van der Waals surface area (Å²) < 4.78 is 0. The summed E-state index contributed by atoms with van der Waals surface area (Å²) in [5, 5.41) is 6.35. The number of anilines is 2. The van der Waals surface area contributed by atoms with Crippen LogP contribution in [0.2, 0.25) is 5.02 Å². The molecule has 0 heterocycles. The third-order valence-corrected chi connectivity index (χ3v) is 4.22. The second-order valence-electron chi connectivity index (χ2n) is 6.17. The molecule has 3 rings (SSSR count). The monoisotopic (exact) mass is 354 g/mol. The number of carbonyl (C=O) groups is 2. The maximum absolute atomic E-state index is 12.2. The van der Waals surface area contributed by atoms with Crippen LogP contribution in [0.4, 0.5) is 11.4 Å². The van der Waals surface area contributed by atoms with E-state index in [4.69, 9.17) is 11.6 Å². The Labute approximate surface area is 151 Å². The molecule has 128 valence electrons. The van der Waals surface area contributed by atoms with Crippen LogP contribution in [0.25, 0.3) is 6.08 Å². The van der Waals surface area contributed by atoms with Gasteiger partial charge in [0.25, 0.3) is 0 Å². The minimum Gasteiger partial charge on any atom is -0.326 e. The summed E-state index contributed by atoms with van der Waals surface area (Å²) in [6.45, 7) is 1.91. The van der Waals surface area contributed by atoms with Crippen molar-refractivity contribution in [3.8, 4) is 0 Å². The first kappa shape index (κ1) is 17.2. The molecule has 2 amide bonds. The van der Waals surface area contributed by atoms with Gasteiger partial charge < -0.3 is 10.6 Å². The van der Waals surface area contributed by atoms with Crippen LogP contribution in [-0.2, 0) is 9.59 Å². The fraction of sp³-hybridized carbons (Fsp3) is 0.200. The standard InChI is InChI=1S/C20H19ClN2O2/c1-13-5-9-17(22-20(25)15-7-8-15)12-18(13)23-19(24)10-6-14-3-2-4-16(21)11-14/h2-6,9-12,15H,7-8H2,1H3,(H,22,25)(H,23,24). The molecule has 0 spiro atoms. The zero-order chi connectivity index (χ0) is 17.8. The summed E-state index contributed by atoms with van der Waals surface area (Å²) in [6, 6.07) is 12.8. The second kappa shape index (κ2) is 7.53. The Balaban J connectivity index is 1.66. The number of rotatable bonds is 5. The van der Waals surface area contributed by atoms with E-state index >= 15 is 0 Å². The van der Waals surface area contributed by atoms with Crippen molar-refractivity contribution < 1.29 is 9.59 Å². The normalized spacial score (nSPS) is 13.7. The summed E-state index contributed by atoms with van der Waals surface area (Å²) in [5.74, 6) is -0.0595. The van der Waals surface area contributed by atoms with E-state index in [-0.39, 0.29) is 17.7 Å². The first-order valence-corrected chi connectivity index (χ1v) is 8.55. The zero-order valence-corrected chi connectivity index (χ0v) is 14.6. The van der Waals surface area contributed by atoms with E-state index in [9.17, 15) is 9.59 Å². The second-order valence-corrected chi connectivity index (χ2v) is 6.61. The van der Waals surface area contributed by atoms with Crippen molar-refractivity contribution in [3.05, 3.63) is 64.7 Å². The number of hydrogen-bond donors (Lipinski definition) is 2. The molecule has 0 bridgehead atoms. The van der Waals surface area contributed by atoms with E-state index in [1.54, 1.807) is 24.3 Å².